The van der Waals surface area contributed by atoms with E-state index in [2.05, 4.69) is 13.8 Å². The number of Topliss-reactive ketones (excluding diaryl/α,β-unsaturated/α-hetero) is 1. The van der Waals surface area contributed by atoms with E-state index in [4.69, 9.17) is 11.5 Å². The molecule has 0 amide bonds. The van der Waals surface area contributed by atoms with Crippen LogP contribution in [-0.2, 0) is 4.79 Å². The molecule has 0 saturated heterocycles. The average molecular weight is 254 g/mol. The molecule has 4 N–H and O–H groups in total. The van der Waals surface area contributed by atoms with Gasteiger partial charge in [0.05, 0.1) is 12.1 Å². The van der Waals surface area contributed by atoms with Gasteiger partial charge >= 0.3 is 0 Å². The summed E-state index contributed by atoms with van der Waals surface area (Å²) in [5, 5.41) is 0. The second-order valence-corrected chi connectivity index (χ2v) is 6.04. The van der Waals surface area contributed by atoms with Crippen molar-refractivity contribution >= 4 is 5.78 Å². The summed E-state index contributed by atoms with van der Waals surface area (Å²) in [5.74, 6) is 0.966. The highest BCUT2D eigenvalue weighted by molar-refractivity contribution is 5.88. The molecule has 106 valence electrons. The summed E-state index contributed by atoms with van der Waals surface area (Å²) in [7, 11) is 0. The Morgan fingerprint density at radius 1 is 1.22 bits per heavy atom. The van der Waals surface area contributed by atoms with Crippen LogP contribution >= 0.6 is 0 Å². The van der Waals surface area contributed by atoms with Gasteiger partial charge in [-0.3, -0.25) is 4.79 Å². The maximum Gasteiger partial charge on any atom is 0.166 e. The lowest BCUT2D eigenvalue weighted by atomic mass is 9.82. The van der Waals surface area contributed by atoms with Crippen LogP contribution in [0.4, 0.5) is 0 Å². The molecule has 0 aromatic carbocycles. The summed E-state index contributed by atoms with van der Waals surface area (Å²) in [6.45, 7) is 4.18. The summed E-state index contributed by atoms with van der Waals surface area (Å²) in [6, 6.07) is -0.717. The largest absolute Gasteiger partial charge is 0.321 e. The summed E-state index contributed by atoms with van der Waals surface area (Å²) >= 11 is 0. The van der Waals surface area contributed by atoms with Crippen molar-refractivity contribution in [1.82, 2.24) is 0 Å². The van der Waals surface area contributed by atoms with Crippen molar-refractivity contribution in [2.45, 2.75) is 77.3 Å². The number of nitrogens with two attached hydrogens (primary N) is 2. The number of rotatable bonds is 7. The Hall–Kier alpha value is -0.410. The van der Waals surface area contributed by atoms with Crippen molar-refractivity contribution in [2.75, 3.05) is 0 Å². The summed E-state index contributed by atoms with van der Waals surface area (Å²) in [5.41, 5.74) is 12.1. The third kappa shape index (κ3) is 4.69. The third-order valence-electron chi connectivity index (χ3n) is 4.36. The Bertz CT molecular complexity index is 249. The predicted molar refractivity (Wildman–Crippen MR) is 76.2 cm³/mol. The van der Waals surface area contributed by atoms with Crippen molar-refractivity contribution in [1.29, 1.82) is 0 Å². The van der Waals surface area contributed by atoms with E-state index in [1.54, 1.807) is 0 Å². The summed E-state index contributed by atoms with van der Waals surface area (Å²) in [4.78, 5) is 12.2. The minimum absolute atomic E-state index is 0.0709. The fourth-order valence-electron chi connectivity index (χ4n) is 3.06. The molecule has 2 unspecified atom stereocenters. The van der Waals surface area contributed by atoms with Crippen LogP contribution in [0.3, 0.4) is 0 Å². The van der Waals surface area contributed by atoms with E-state index in [0.717, 1.165) is 19.3 Å². The van der Waals surface area contributed by atoms with Gasteiger partial charge in [-0.1, -0.05) is 52.4 Å². The van der Waals surface area contributed by atoms with Gasteiger partial charge in [-0.15, -0.1) is 0 Å². The summed E-state index contributed by atoms with van der Waals surface area (Å²) < 4.78 is 0. The number of hydrogen-bond acceptors (Lipinski definition) is 3. The molecular weight excluding hydrogens is 224 g/mol. The van der Waals surface area contributed by atoms with Gasteiger partial charge < -0.3 is 11.5 Å². The molecule has 0 bridgehead atoms. The van der Waals surface area contributed by atoms with Crippen molar-refractivity contribution in [3.8, 4) is 0 Å². The standard InChI is InChI=1S/C15H30N2O/c1-3-7-11(2)14(17)15(18)13(16)10-12-8-5-4-6-9-12/h11-14H,3-10,16-17H2,1-2H3/t11?,13-,14?/m0/s1. The van der Waals surface area contributed by atoms with Gasteiger partial charge in [0, 0.05) is 0 Å². The lowest BCUT2D eigenvalue weighted by molar-refractivity contribution is -0.123. The number of hydrogen-bond donors (Lipinski definition) is 2. The van der Waals surface area contributed by atoms with E-state index < -0.39 is 0 Å². The van der Waals surface area contributed by atoms with Crippen LogP contribution < -0.4 is 11.5 Å². The highest BCUT2D eigenvalue weighted by Gasteiger charge is 2.27. The molecule has 1 aliphatic rings. The van der Waals surface area contributed by atoms with E-state index >= 15 is 0 Å². The van der Waals surface area contributed by atoms with Crippen LogP contribution in [0, 0.1) is 11.8 Å². The van der Waals surface area contributed by atoms with Crippen LogP contribution in [0.25, 0.3) is 0 Å². The zero-order valence-electron chi connectivity index (χ0n) is 12.0. The van der Waals surface area contributed by atoms with E-state index in [1.807, 2.05) is 0 Å². The Labute approximate surface area is 112 Å². The first kappa shape index (κ1) is 15.6. The van der Waals surface area contributed by atoms with Gasteiger partial charge in [-0.2, -0.15) is 0 Å². The maximum atomic E-state index is 12.2. The van der Waals surface area contributed by atoms with Crippen LogP contribution in [0.15, 0.2) is 0 Å². The quantitative estimate of drug-likeness (QED) is 0.733. The molecule has 1 fully saturated rings. The van der Waals surface area contributed by atoms with Crippen molar-refractivity contribution < 1.29 is 4.79 Å². The molecule has 0 spiro atoms. The van der Waals surface area contributed by atoms with Crippen molar-refractivity contribution in [3.05, 3.63) is 0 Å². The Morgan fingerprint density at radius 2 is 1.83 bits per heavy atom. The molecule has 1 rings (SSSR count). The minimum atomic E-state index is -0.372. The molecular formula is C15H30N2O. The Kier molecular flexibility index (Phi) is 6.87. The second kappa shape index (κ2) is 7.90. The predicted octanol–water partition coefficient (Wildman–Crippen LogP) is 2.62. The molecule has 3 heteroatoms. The first-order valence-electron chi connectivity index (χ1n) is 7.61. The lowest BCUT2D eigenvalue weighted by Gasteiger charge is -2.26. The fraction of sp³-hybridized carbons (Fsp3) is 0.933. The first-order valence-corrected chi connectivity index (χ1v) is 7.61. The second-order valence-electron chi connectivity index (χ2n) is 6.04. The number of carbonyl (C=O) groups is 1. The first-order chi connectivity index (χ1) is 8.56. The van der Waals surface area contributed by atoms with Gasteiger partial charge in [0.25, 0.3) is 0 Å². The Balaban J connectivity index is 2.39. The molecule has 0 aromatic heterocycles. The molecule has 1 saturated carbocycles. The number of carbonyl (C=O) groups excluding carboxylic acids is 1. The molecule has 0 aliphatic heterocycles. The Morgan fingerprint density at radius 3 is 2.39 bits per heavy atom. The van der Waals surface area contributed by atoms with Gasteiger partial charge in [0.1, 0.15) is 0 Å². The molecule has 0 aromatic rings. The zero-order valence-corrected chi connectivity index (χ0v) is 12.0. The molecule has 0 radical (unpaired) electrons. The minimum Gasteiger partial charge on any atom is -0.321 e. The highest BCUT2D eigenvalue weighted by Crippen LogP contribution is 2.27. The average Bonchev–Trinajstić information content (AvgIpc) is 2.38. The molecule has 3 atom stereocenters. The van der Waals surface area contributed by atoms with E-state index in [0.29, 0.717) is 5.92 Å². The molecule has 0 heterocycles. The van der Waals surface area contributed by atoms with Crippen LogP contribution in [0.5, 0.6) is 0 Å². The molecule has 3 nitrogen and oxygen atoms in total. The van der Waals surface area contributed by atoms with Crippen LogP contribution in [0.1, 0.15) is 65.2 Å². The molecule has 1 aliphatic carbocycles. The van der Waals surface area contributed by atoms with Gasteiger partial charge in [-0.05, 0) is 24.7 Å². The van der Waals surface area contributed by atoms with E-state index in [1.165, 1.54) is 32.1 Å². The lowest BCUT2D eigenvalue weighted by Crippen LogP contribution is -2.47. The van der Waals surface area contributed by atoms with E-state index in [-0.39, 0.29) is 23.8 Å². The van der Waals surface area contributed by atoms with Crippen molar-refractivity contribution in [2.24, 2.45) is 23.3 Å². The smallest absolute Gasteiger partial charge is 0.166 e. The van der Waals surface area contributed by atoms with Crippen LogP contribution in [0.2, 0.25) is 0 Å². The van der Waals surface area contributed by atoms with Crippen LogP contribution in [-0.4, -0.2) is 17.9 Å². The fourth-order valence-corrected chi connectivity index (χ4v) is 3.06. The number of ketones is 1. The summed E-state index contributed by atoms with van der Waals surface area (Å²) in [6.07, 6.45) is 9.32. The van der Waals surface area contributed by atoms with Gasteiger partial charge in [0.2, 0.25) is 0 Å². The monoisotopic (exact) mass is 254 g/mol. The zero-order chi connectivity index (χ0) is 13.5. The third-order valence-corrected chi connectivity index (χ3v) is 4.36. The van der Waals surface area contributed by atoms with E-state index in [9.17, 15) is 4.79 Å². The van der Waals surface area contributed by atoms with Gasteiger partial charge in [0.15, 0.2) is 5.78 Å². The maximum absolute atomic E-state index is 12.2. The highest BCUT2D eigenvalue weighted by atomic mass is 16.1. The SMILES string of the molecule is CCCC(C)C(N)C(=O)[C@@H](N)CC1CCCCC1. The van der Waals surface area contributed by atoms with Crippen molar-refractivity contribution in [3.63, 3.8) is 0 Å². The normalized spacial score (nSPS) is 22.4. The molecule has 18 heavy (non-hydrogen) atoms. The van der Waals surface area contributed by atoms with Gasteiger partial charge in [-0.25, -0.2) is 0 Å². The topological polar surface area (TPSA) is 69.1 Å².